The van der Waals surface area contributed by atoms with Gasteiger partial charge in [0.05, 0.1) is 4.91 Å². The molecule has 1 aromatic heterocycles. The van der Waals surface area contributed by atoms with E-state index in [1.54, 1.807) is 17.2 Å². The van der Waals surface area contributed by atoms with Gasteiger partial charge < -0.3 is 0 Å². The summed E-state index contributed by atoms with van der Waals surface area (Å²) in [4.78, 5) is 18.2. The number of aromatic nitrogens is 1. The van der Waals surface area contributed by atoms with Crippen LogP contribution in [0.1, 0.15) is 11.9 Å². The van der Waals surface area contributed by atoms with Crippen molar-refractivity contribution in [2.75, 3.05) is 6.54 Å². The highest BCUT2D eigenvalue weighted by Crippen LogP contribution is 2.32. The predicted molar refractivity (Wildman–Crippen MR) is 67.7 cm³/mol. The van der Waals surface area contributed by atoms with Crippen LogP contribution < -0.4 is 0 Å². The number of thioether (sulfide) groups is 1. The highest BCUT2D eigenvalue weighted by Gasteiger charge is 2.30. The Labute approximate surface area is 101 Å². The highest BCUT2D eigenvalue weighted by molar-refractivity contribution is 8.26. The van der Waals surface area contributed by atoms with Crippen molar-refractivity contribution in [1.29, 1.82) is 0 Å². The second-order valence-corrected chi connectivity index (χ2v) is 5.40. The van der Waals surface area contributed by atoms with E-state index in [2.05, 4.69) is 4.98 Å². The van der Waals surface area contributed by atoms with Gasteiger partial charge in [-0.2, -0.15) is 0 Å². The summed E-state index contributed by atoms with van der Waals surface area (Å²) in [6.07, 6.45) is 3.51. The maximum absolute atomic E-state index is 11.8. The summed E-state index contributed by atoms with van der Waals surface area (Å²) < 4.78 is 0.630. The molecule has 1 amide bonds. The number of nitrogens with zero attached hydrogens (tertiary/aromatic N) is 2. The fraction of sp³-hybridized carbons (Fsp3) is 0.222. The summed E-state index contributed by atoms with van der Waals surface area (Å²) in [7, 11) is 0. The SMILES string of the molecule is CCN1C(=O)/C(=C\c2nccs2)SC1=S. The Morgan fingerprint density at radius 3 is 3.00 bits per heavy atom. The molecule has 78 valence electrons. The van der Waals surface area contributed by atoms with Crippen LogP contribution in [0.25, 0.3) is 6.08 Å². The fourth-order valence-electron chi connectivity index (χ4n) is 1.19. The molecule has 0 aliphatic carbocycles. The van der Waals surface area contributed by atoms with E-state index >= 15 is 0 Å². The largest absolute Gasteiger partial charge is 0.293 e. The van der Waals surface area contributed by atoms with E-state index in [4.69, 9.17) is 12.2 Å². The molecule has 0 bridgehead atoms. The highest BCUT2D eigenvalue weighted by atomic mass is 32.2. The van der Waals surface area contributed by atoms with E-state index in [1.807, 2.05) is 12.3 Å². The summed E-state index contributed by atoms with van der Waals surface area (Å²) in [5.41, 5.74) is 0. The van der Waals surface area contributed by atoms with Gasteiger partial charge in [0.15, 0.2) is 0 Å². The maximum Gasteiger partial charge on any atom is 0.266 e. The number of carbonyl (C=O) groups is 1. The number of thiocarbonyl (C=S) groups is 1. The summed E-state index contributed by atoms with van der Waals surface area (Å²) >= 11 is 7.95. The van der Waals surface area contributed by atoms with Gasteiger partial charge in [0.2, 0.25) is 0 Å². The normalized spacial score (nSPS) is 19.3. The molecule has 15 heavy (non-hydrogen) atoms. The quantitative estimate of drug-likeness (QED) is 0.601. The standard InChI is InChI=1S/C9H8N2OS3/c1-2-11-8(12)6(15-9(11)13)5-7-10-3-4-14-7/h3-5H,2H2,1H3/b6-5+. The van der Waals surface area contributed by atoms with Gasteiger partial charge in [-0.1, -0.05) is 24.0 Å². The fourth-order valence-corrected chi connectivity index (χ4v) is 3.19. The minimum absolute atomic E-state index is 0.0114. The van der Waals surface area contributed by atoms with Crippen molar-refractivity contribution in [3.8, 4) is 0 Å². The van der Waals surface area contributed by atoms with Crippen LogP contribution in [-0.2, 0) is 4.79 Å². The third-order valence-corrected chi connectivity index (χ3v) is 4.00. The van der Waals surface area contributed by atoms with Gasteiger partial charge >= 0.3 is 0 Å². The number of carbonyl (C=O) groups excluding carboxylic acids is 1. The van der Waals surface area contributed by atoms with Crippen molar-refractivity contribution in [3.05, 3.63) is 21.5 Å². The zero-order valence-corrected chi connectivity index (χ0v) is 10.4. The molecule has 2 heterocycles. The Hall–Kier alpha value is -0.720. The zero-order chi connectivity index (χ0) is 10.8. The van der Waals surface area contributed by atoms with Gasteiger partial charge in [0, 0.05) is 18.1 Å². The van der Waals surface area contributed by atoms with Crippen molar-refractivity contribution >= 4 is 51.6 Å². The van der Waals surface area contributed by atoms with E-state index in [1.165, 1.54) is 23.1 Å². The van der Waals surface area contributed by atoms with Crippen LogP contribution in [-0.4, -0.2) is 26.7 Å². The lowest BCUT2D eigenvalue weighted by molar-refractivity contribution is -0.121. The third kappa shape index (κ3) is 2.11. The molecular formula is C9H8N2OS3. The minimum Gasteiger partial charge on any atom is -0.293 e. The Morgan fingerprint density at radius 1 is 1.67 bits per heavy atom. The van der Waals surface area contributed by atoms with Gasteiger partial charge in [-0.25, -0.2) is 4.98 Å². The lowest BCUT2D eigenvalue weighted by Crippen LogP contribution is -2.27. The number of amides is 1. The number of hydrogen-bond acceptors (Lipinski definition) is 5. The Bertz CT molecular complexity index is 425. The topological polar surface area (TPSA) is 33.2 Å². The molecule has 3 nitrogen and oxygen atoms in total. The summed E-state index contributed by atoms with van der Waals surface area (Å²) in [5, 5.41) is 2.72. The molecule has 6 heteroatoms. The van der Waals surface area contributed by atoms with Gasteiger partial charge in [-0.3, -0.25) is 9.69 Å². The van der Waals surface area contributed by atoms with E-state index in [-0.39, 0.29) is 5.91 Å². The Balaban J connectivity index is 2.26. The molecule has 0 aromatic carbocycles. The molecule has 1 aliphatic heterocycles. The first-order valence-corrected chi connectivity index (χ1v) is 6.47. The Morgan fingerprint density at radius 2 is 2.47 bits per heavy atom. The molecule has 2 rings (SSSR count). The molecule has 0 radical (unpaired) electrons. The first-order chi connectivity index (χ1) is 7.22. The second-order valence-electron chi connectivity index (χ2n) is 2.80. The first-order valence-electron chi connectivity index (χ1n) is 4.37. The van der Waals surface area contributed by atoms with E-state index in [0.29, 0.717) is 15.8 Å². The number of rotatable bonds is 2. The predicted octanol–water partition coefficient (Wildman–Crippen LogP) is 2.36. The monoisotopic (exact) mass is 256 g/mol. The summed E-state index contributed by atoms with van der Waals surface area (Å²) in [6, 6.07) is 0. The second kappa shape index (κ2) is 4.42. The molecule has 1 aliphatic rings. The molecule has 0 saturated carbocycles. The molecule has 1 aromatic rings. The van der Waals surface area contributed by atoms with Gasteiger partial charge in [0.1, 0.15) is 9.33 Å². The molecule has 0 spiro atoms. The van der Waals surface area contributed by atoms with E-state index in [9.17, 15) is 4.79 Å². The molecule has 0 N–H and O–H groups in total. The van der Waals surface area contributed by atoms with Crippen molar-refractivity contribution < 1.29 is 4.79 Å². The lowest BCUT2D eigenvalue weighted by Gasteiger charge is -2.09. The lowest BCUT2D eigenvalue weighted by atomic mass is 10.4. The average molecular weight is 256 g/mol. The van der Waals surface area contributed by atoms with Crippen LogP contribution in [0.2, 0.25) is 0 Å². The molecular weight excluding hydrogens is 248 g/mol. The van der Waals surface area contributed by atoms with Crippen LogP contribution in [0.3, 0.4) is 0 Å². The summed E-state index contributed by atoms with van der Waals surface area (Å²) in [6.45, 7) is 2.54. The molecule has 1 fully saturated rings. The van der Waals surface area contributed by atoms with E-state index < -0.39 is 0 Å². The maximum atomic E-state index is 11.8. The number of thiazole rings is 1. The van der Waals surface area contributed by atoms with Crippen molar-refractivity contribution in [3.63, 3.8) is 0 Å². The van der Waals surface area contributed by atoms with Crippen LogP contribution in [0.4, 0.5) is 0 Å². The molecule has 1 saturated heterocycles. The summed E-state index contributed by atoms with van der Waals surface area (Å²) in [5.74, 6) is -0.0114. The van der Waals surface area contributed by atoms with Gasteiger partial charge in [0.25, 0.3) is 5.91 Å². The number of hydrogen-bond donors (Lipinski definition) is 0. The van der Waals surface area contributed by atoms with Crippen LogP contribution in [0.5, 0.6) is 0 Å². The third-order valence-electron chi connectivity index (χ3n) is 1.90. The van der Waals surface area contributed by atoms with Crippen LogP contribution in [0, 0.1) is 0 Å². The van der Waals surface area contributed by atoms with Crippen LogP contribution in [0.15, 0.2) is 16.5 Å². The first kappa shape index (κ1) is 10.8. The van der Waals surface area contributed by atoms with Gasteiger partial charge in [-0.15, -0.1) is 11.3 Å². The average Bonchev–Trinajstić information content (AvgIpc) is 2.78. The molecule has 0 atom stereocenters. The smallest absolute Gasteiger partial charge is 0.266 e. The number of likely N-dealkylation sites (N-methyl/N-ethyl adjacent to an activating group) is 1. The van der Waals surface area contributed by atoms with Gasteiger partial charge in [-0.05, 0) is 13.0 Å². The van der Waals surface area contributed by atoms with Crippen molar-refractivity contribution in [2.45, 2.75) is 6.92 Å². The molecule has 0 unspecified atom stereocenters. The van der Waals surface area contributed by atoms with E-state index in [0.717, 1.165) is 5.01 Å². The van der Waals surface area contributed by atoms with Crippen LogP contribution >= 0.6 is 35.3 Å². The minimum atomic E-state index is -0.0114. The zero-order valence-electron chi connectivity index (χ0n) is 7.97. The van der Waals surface area contributed by atoms with Crippen molar-refractivity contribution in [2.24, 2.45) is 0 Å². The van der Waals surface area contributed by atoms with Crippen molar-refractivity contribution in [1.82, 2.24) is 9.88 Å². The Kier molecular flexibility index (Phi) is 3.18.